The average Bonchev–Trinajstić information content (AvgIpc) is 2.80. The van der Waals surface area contributed by atoms with Crippen molar-refractivity contribution in [2.24, 2.45) is 0 Å². The van der Waals surface area contributed by atoms with Crippen LogP contribution in [-0.4, -0.2) is 72.7 Å². The van der Waals surface area contributed by atoms with E-state index in [2.05, 4.69) is 9.88 Å². The average molecular weight is 443 g/mol. The highest BCUT2D eigenvalue weighted by atomic mass is 32.2. The summed E-state index contributed by atoms with van der Waals surface area (Å²) < 4.78 is 27.7. The van der Waals surface area contributed by atoms with E-state index in [1.165, 1.54) is 0 Å². The molecule has 2 fully saturated rings. The zero-order chi connectivity index (χ0) is 21.8. The standard InChI is InChI=1S/C23H30N4O3S/c1-19-8-9-21(31(29,30)27-11-5-2-6-12-27)17-22(19)23(28)26-15-13-25(14-16-26)18-20-7-3-4-10-24-20/h3-4,7-10,17H,2,5-6,11-16,18H2,1H3. The Kier molecular flexibility index (Phi) is 6.69. The highest BCUT2D eigenvalue weighted by molar-refractivity contribution is 7.89. The van der Waals surface area contributed by atoms with Gasteiger partial charge in [0.15, 0.2) is 0 Å². The number of piperidine rings is 1. The van der Waals surface area contributed by atoms with E-state index in [0.29, 0.717) is 31.7 Å². The minimum atomic E-state index is -3.56. The van der Waals surface area contributed by atoms with Crippen LogP contribution < -0.4 is 0 Å². The van der Waals surface area contributed by atoms with Gasteiger partial charge in [-0.25, -0.2) is 8.42 Å². The molecule has 0 unspecified atom stereocenters. The van der Waals surface area contributed by atoms with Crippen LogP contribution in [0.5, 0.6) is 0 Å². The van der Waals surface area contributed by atoms with Crippen molar-refractivity contribution in [3.63, 3.8) is 0 Å². The van der Waals surface area contributed by atoms with Gasteiger partial charge in [0.25, 0.3) is 5.91 Å². The van der Waals surface area contributed by atoms with Gasteiger partial charge in [-0.15, -0.1) is 0 Å². The molecule has 2 aliphatic rings. The van der Waals surface area contributed by atoms with Gasteiger partial charge < -0.3 is 4.90 Å². The van der Waals surface area contributed by atoms with Crippen LogP contribution in [0.15, 0.2) is 47.5 Å². The molecule has 1 amide bonds. The number of benzene rings is 1. The molecule has 8 heteroatoms. The van der Waals surface area contributed by atoms with Crippen LogP contribution in [0.3, 0.4) is 0 Å². The summed E-state index contributed by atoms with van der Waals surface area (Å²) in [7, 11) is -3.56. The number of pyridine rings is 1. The number of amides is 1. The molecule has 4 rings (SSSR count). The van der Waals surface area contributed by atoms with Crippen LogP contribution >= 0.6 is 0 Å². The first-order chi connectivity index (χ1) is 14.9. The zero-order valence-corrected chi connectivity index (χ0v) is 18.9. The van der Waals surface area contributed by atoms with Gasteiger partial charge in [0.05, 0.1) is 10.6 Å². The maximum absolute atomic E-state index is 13.2. The number of nitrogens with zero attached hydrogens (tertiary/aromatic N) is 4. The molecule has 0 spiro atoms. The SMILES string of the molecule is Cc1ccc(S(=O)(=O)N2CCCCC2)cc1C(=O)N1CCN(Cc2ccccn2)CC1. The Balaban J connectivity index is 1.44. The first kappa shape index (κ1) is 21.9. The van der Waals surface area contributed by atoms with Crippen molar-refractivity contribution >= 4 is 15.9 Å². The maximum Gasteiger partial charge on any atom is 0.254 e. The Hall–Kier alpha value is -2.29. The van der Waals surface area contributed by atoms with E-state index in [-0.39, 0.29) is 10.8 Å². The van der Waals surface area contributed by atoms with Crippen molar-refractivity contribution in [3.05, 3.63) is 59.4 Å². The molecule has 2 saturated heterocycles. The van der Waals surface area contributed by atoms with Crippen LogP contribution in [-0.2, 0) is 16.6 Å². The largest absolute Gasteiger partial charge is 0.336 e. The fraction of sp³-hybridized carbons (Fsp3) is 0.478. The summed E-state index contributed by atoms with van der Waals surface area (Å²) in [5.74, 6) is -0.0920. The van der Waals surface area contributed by atoms with Crippen LogP contribution in [0, 0.1) is 6.92 Å². The lowest BCUT2D eigenvalue weighted by Gasteiger charge is -2.35. The molecule has 1 aromatic carbocycles. The molecule has 2 aromatic rings. The number of hydrogen-bond acceptors (Lipinski definition) is 5. The summed E-state index contributed by atoms with van der Waals surface area (Å²) in [6, 6.07) is 10.8. The molecular weight excluding hydrogens is 412 g/mol. The van der Waals surface area contributed by atoms with Crippen LogP contribution in [0.4, 0.5) is 0 Å². The molecule has 7 nitrogen and oxygen atoms in total. The van der Waals surface area contributed by atoms with Gasteiger partial charge in [-0.05, 0) is 49.6 Å². The lowest BCUT2D eigenvalue weighted by molar-refractivity contribution is 0.0626. The summed E-state index contributed by atoms with van der Waals surface area (Å²) in [5.41, 5.74) is 2.31. The van der Waals surface area contributed by atoms with E-state index in [9.17, 15) is 13.2 Å². The van der Waals surface area contributed by atoms with Gasteiger partial charge in [-0.3, -0.25) is 14.7 Å². The lowest BCUT2D eigenvalue weighted by Crippen LogP contribution is -2.48. The van der Waals surface area contributed by atoms with Crippen molar-refractivity contribution < 1.29 is 13.2 Å². The molecule has 1 aromatic heterocycles. The monoisotopic (exact) mass is 442 g/mol. The Morgan fingerprint density at radius 2 is 1.71 bits per heavy atom. The van der Waals surface area contributed by atoms with Gasteiger partial charge in [0.1, 0.15) is 0 Å². The Morgan fingerprint density at radius 1 is 0.968 bits per heavy atom. The molecule has 0 saturated carbocycles. The van der Waals surface area contributed by atoms with Gasteiger partial charge >= 0.3 is 0 Å². The Bertz CT molecular complexity index is 1010. The second-order valence-electron chi connectivity index (χ2n) is 8.33. The van der Waals surface area contributed by atoms with Crippen molar-refractivity contribution in [2.75, 3.05) is 39.3 Å². The van der Waals surface area contributed by atoms with Crippen molar-refractivity contribution in [1.29, 1.82) is 0 Å². The summed E-state index contributed by atoms with van der Waals surface area (Å²) in [5, 5.41) is 0. The zero-order valence-electron chi connectivity index (χ0n) is 18.0. The first-order valence-electron chi connectivity index (χ1n) is 11.0. The lowest BCUT2D eigenvalue weighted by atomic mass is 10.1. The Morgan fingerprint density at radius 3 is 2.39 bits per heavy atom. The van der Waals surface area contributed by atoms with E-state index in [1.54, 1.807) is 28.7 Å². The number of hydrogen-bond donors (Lipinski definition) is 0. The predicted molar refractivity (Wildman–Crippen MR) is 119 cm³/mol. The van der Waals surface area contributed by atoms with E-state index in [0.717, 1.165) is 50.2 Å². The number of sulfonamides is 1. The van der Waals surface area contributed by atoms with Crippen molar-refractivity contribution in [3.8, 4) is 0 Å². The molecule has 3 heterocycles. The van der Waals surface area contributed by atoms with Gasteiger partial charge in [-0.2, -0.15) is 4.31 Å². The predicted octanol–water partition coefficient (Wildman–Crippen LogP) is 2.52. The van der Waals surface area contributed by atoms with Gasteiger partial charge in [-0.1, -0.05) is 18.6 Å². The normalized spacial score (nSPS) is 18.8. The number of carbonyl (C=O) groups excluding carboxylic acids is 1. The minimum Gasteiger partial charge on any atom is -0.336 e. The third-order valence-electron chi connectivity index (χ3n) is 6.16. The molecule has 2 aliphatic heterocycles. The van der Waals surface area contributed by atoms with E-state index in [4.69, 9.17) is 0 Å². The molecule has 0 atom stereocenters. The van der Waals surface area contributed by atoms with Crippen LogP contribution in [0.1, 0.15) is 40.9 Å². The molecule has 0 N–H and O–H groups in total. The summed E-state index contributed by atoms with van der Waals surface area (Å²) in [6.07, 6.45) is 4.64. The highest BCUT2D eigenvalue weighted by Crippen LogP contribution is 2.24. The molecule has 31 heavy (non-hydrogen) atoms. The number of aryl methyl sites for hydroxylation is 1. The summed E-state index contributed by atoms with van der Waals surface area (Å²) in [4.78, 5) is 21.9. The van der Waals surface area contributed by atoms with E-state index < -0.39 is 10.0 Å². The molecule has 0 aliphatic carbocycles. The number of aromatic nitrogens is 1. The van der Waals surface area contributed by atoms with Gasteiger partial charge in [0.2, 0.25) is 10.0 Å². The summed E-state index contributed by atoms with van der Waals surface area (Å²) in [6.45, 7) is 6.52. The third-order valence-corrected chi connectivity index (χ3v) is 8.06. The van der Waals surface area contributed by atoms with Crippen molar-refractivity contribution in [1.82, 2.24) is 19.1 Å². The Labute approximate surface area is 184 Å². The quantitative estimate of drug-likeness (QED) is 0.711. The summed E-state index contributed by atoms with van der Waals surface area (Å²) >= 11 is 0. The smallest absolute Gasteiger partial charge is 0.254 e. The van der Waals surface area contributed by atoms with E-state index >= 15 is 0 Å². The van der Waals surface area contributed by atoms with E-state index in [1.807, 2.05) is 30.0 Å². The fourth-order valence-corrected chi connectivity index (χ4v) is 5.79. The first-order valence-corrected chi connectivity index (χ1v) is 12.4. The molecular formula is C23H30N4O3S. The van der Waals surface area contributed by atoms with Crippen LogP contribution in [0.2, 0.25) is 0 Å². The molecule has 0 radical (unpaired) electrons. The van der Waals surface area contributed by atoms with Crippen molar-refractivity contribution in [2.45, 2.75) is 37.6 Å². The highest BCUT2D eigenvalue weighted by Gasteiger charge is 2.29. The van der Waals surface area contributed by atoms with Gasteiger partial charge in [0, 0.05) is 57.6 Å². The third kappa shape index (κ3) is 4.97. The number of piperazine rings is 1. The second kappa shape index (κ2) is 9.46. The molecule has 0 bridgehead atoms. The fourth-order valence-electron chi connectivity index (χ4n) is 4.25. The minimum absolute atomic E-state index is 0.0920. The molecule has 166 valence electrons. The second-order valence-corrected chi connectivity index (χ2v) is 10.3. The number of carbonyl (C=O) groups is 1. The maximum atomic E-state index is 13.2. The number of rotatable bonds is 5. The topological polar surface area (TPSA) is 73.8 Å². The van der Waals surface area contributed by atoms with Crippen LogP contribution in [0.25, 0.3) is 0 Å².